The van der Waals surface area contributed by atoms with Crippen molar-refractivity contribution >= 4 is 11.8 Å². The maximum Gasteiger partial charge on any atom is 0.441 e. The van der Waals surface area contributed by atoms with Gasteiger partial charge in [-0.05, 0) is 43.1 Å². The smallest absolute Gasteiger partial charge is 0.316 e. The second-order valence-corrected chi connectivity index (χ2v) is 6.01. The first-order chi connectivity index (χ1) is 8.01. The van der Waals surface area contributed by atoms with Crippen LogP contribution in [0, 0.1) is 11.8 Å². The number of hydrogen-bond acceptors (Lipinski definition) is 3. The topological polar surface area (TPSA) is 15.3 Å². The van der Waals surface area contributed by atoms with Crippen LogP contribution in [-0.4, -0.2) is 48.4 Å². The first-order valence-electron chi connectivity index (χ1n) is 6.16. The predicted octanol–water partition coefficient (Wildman–Crippen LogP) is 2.17. The summed E-state index contributed by atoms with van der Waals surface area (Å²) in [6.07, 6.45) is 1.04. The molecular formula is C11H19F3N2S. The predicted molar refractivity (Wildman–Crippen MR) is 64.0 cm³/mol. The van der Waals surface area contributed by atoms with Crippen LogP contribution in [0.15, 0.2) is 0 Å². The van der Waals surface area contributed by atoms with Gasteiger partial charge in [-0.25, -0.2) is 0 Å². The minimum absolute atomic E-state index is 0.104. The van der Waals surface area contributed by atoms with Crippen molar-refractivity contribution in [1.29, 1.82) is 0 Å². The molecule has 0 bridgehead atoms. The van der Waals surface area contributed by atoms with Gasteiger partial charge < -0.3 is 5.32 Å². The maximum atomic E-state index is 12.1. The van der Waals surface area contributed by atoms with Gasteiger partial charge >= 0.3 is 5.51 Å². The summed E-state index contributed by atoms with van der Waals surface area (Å²) < 4.78 is 36.2. The quantitative estimate of drug-likeness (QED) is 0.841. The van der Waals surface area contributed by atoms with Crippen LogP contribution in [0.5, 0.6) is 0 Å². The molecule has 2 saturated heterocycles. The van der Waals surface area contributed by atoms with Crippen LogP contribution in [0.25, 0.3) is 0 Å². The number of nitrogens with one attached hydrogen (secondary N) is 1. The molecule has 0 amide bonds. The molecular weight excluding hydrogens is 249 g/mol. The summed E-state index contributed by atoms with van der Waals surface area (Å²) in [5.41, 5.74) is -4.08. The molecule has 2 aliphatic heterocycles. The average molecular weight is 268 g/mol. The van der Waals surface area contributed by atoms with Gasteiger partial charge in [0, 0.05) is 24.9 Å². The van der Waals surface area contributed by atoms with E-state index in [9.17, 15) is 13.2 Å². The number of thioether (sulfide) groups is 1. The van der Waals surface area contributed by atoms with Crippen molar-refractivity contribution < 1.29 is 13.2 Å². The second-order valence-electron chi connectivity index (χ2n) is 4.85. The summed E-state index contributed by atoms with van der Waals surface area (Å²) in [6.45, 7) is 5.73. The Morgan fingerprint density at radius 3 is 2.76 bits per heavy atom. The molecule has 0 aliphatic carbocycles. The molecule has 100 valence electrons. The van der Waals surface area contributed by atoms with E-state index in [1.54, 1.807) is 0 Å². The molecule has 2 nitrogen and oxygen atoms in total. The fraction of sp³-hybridized carbons (Fsp3) is 1.00. The van der Waals surface area contributed by atoms with Crippen LogP contribution in [0.1, 0.15) is 13.3 Å². The zero-order valence-corrected chi connectivity index (χ0v) is 10.8. The Hall–Kier alpha value is 0.0600. The summed E-state index contributed by atoms with van der Waals surface area (Å²) in [4.78, 5) is 2.26. The van der Waals surface area contributed by atoms with Crippen LogP contribution in [-0.2, 0) is 0 Å². The second kappa shape index (κ2) is 5.36. The molecule has 0 radical (unpaired) electrons. The molecule has 17 heavy (non-hydrogen) atoms. The normalized spacial score (nSPS) is 34.2. The van der Waals surface area contributed by atoms with Crippen molar-refractivity contribution in [2.45, 2.75) is 24.9 Å². The number of likely N-dealkylation sites (tertiary alicyclic amines) is 1. The van der Waals surface area contributed by atoms with Crippen molar-refractivity contribution in [3.05, 3.63) is 0 Å². The highest BCUT2D eigenvalue weighted by atomic mass is 32.2. The van der Waals surface area contributed by atoms with E-state index in [2.05, 4.69) is 17.1 Å². The Morgan fingerprint density at radius 2 is 2.12 bits per heavy atom. The van der Waals surface area contributed by atoms with E-state index >= 15 is 0 Å². The first-order valence-corrected chi connectivity index (χ1v) is 7.15. The lowest BCUT2D eigenvalue weighted by Crippen LogP contribution is -2.36. The molecule has 0 spiro atoms. The minimum Gasteiger partial charge on any atom is -0.316 e. The zero-order valence-electron chi connectivity index (χ0n) is 9.96. The van der Waals surface area contributed by atoms with Crippen molar-refractivity contribution in [3.63, 3.8) is 0 Å². The average Bonchev–Trinajstić information content (AvgIpc) is 2.75. The molecule has 0 aromatic carbocycles. The molecule has 2 aliphatic rings. The number of halogens is 3. The fourth-order valence-electron chi connectivity index (χ4n) is 3.21. The summed E-state index contributed by atoms with van der Waals surface area (Å²) >= 11 is 0.104. The number of alkyl halides is 3. The first kappa shape index (κ1) is 13.5. The molecule has 2 fully saturated rings. The third-order valence-electron chi connectivity index (χ3n) is 3.89. The minimum atomic E-state index is -4.08. The molecule has 0 aromatic rings. The number of fused-ring (bicyclic) bond motifs is 1. The van der Waals surface area contributed by atoms with E-state index in [1.807, 2.05) is 0 Å². The fourth-order valence-corrected chi connectivity index (χ4v) is 3.76. The molecule has 3 atom stereocenters. The molecule has 3 unspecified atom stereocenters. The lowest BCUT2D eigenvalue weighted by Gasteiger charge is -2.26. The summed E-state index contributed by atoms with van der Waals surface area (Å²) in [5.74, 6) is 1.46. The Balaban J connectivity index is 1.81. The SMILES string of the molecule is CCC1C2CNCC2CN1CCSC(F)(F)F. The lowest BCUT2D eigenvalue weighted by molar-refractivity contribution is -0.0329. The van der Waals surface area contributed by atoms with E-state index in [4.69, 9.17) is 0 Å². The van der Waals surface area contributed by atoms with Crippen LogP contribution < -0.4 is 5.32 Å². The number of rotatable bonds is 4. The summed E-state index contributed by atoms with van der Waals surface area (Å²) in [6, 6.07) is 0.476. The Morgan fingerprint density at radius 1 is 1.35 bits per heavy atom. The Kier molecular flexibility index (Phi) is 4.26. The standard InChI is InChI=1S/C11H19F3N2S/c1-2-10-9-6-15-5-8(9)7-16(10)3-4-17-11(12,13)14/h8-10,15H,2-7H2,1H3. The molecule has 6 heteroatoms. The molecule has 2 rings (SSSR count). The molecule has 2 heterocycles. The lowest BCUT2D eigenvalue weighted by atomic mass is 9.93. The largest absolute Gasteiger partial charge is 0.441 e. The Bertz CT molecular complexity index is 260. The van der Waals surface area contributed by atoms with Gasteiger partial charge in [0.05, 0.1) is 0 Å². The van der Waals surface area contributed by atoms with E-state index in [0.29, 0.717) is 24.4 Å². The van der Waals surface area contributed by atoms with Crippen molar-refractivity contribution in [2.24, 2.45) is 11.8 Å². The van der Waals surface area contributed by atoms with E-state index in [1.165, 1.54) is 0 Å². The van der Waals surface area contributed by atoms with Crippen molar-refractivity contribution in [1.82, 2.24) is 10.2 Å². The molecule has 0 saturated carbocycles. The summed E-state index contributed by atoms with van der Waals surface area (Å²) in [7, 11) is 0. The maximum absolute atomic E-state index is 12.1. The Labute approximate surface area is 104 Å². The highest BCUT2D eigenvalue weighted by molar-refractivity contribution is 8.00. The van der Waals surface area contributed by atoms with E-state index in [0.717, 1.165) is 26.1 Å². The monoisotopic (exact) mass is 268 g/mol. The van der Waals surface area contributed by atoms with Gasteiger partial charge in [-0.15, -0.1) is 0 Å². The third-order valence-corrected chi connectivity index (χ3v) is 4.60. The van der Waals surface area contributed by atoms with Crippen LogP contribution in [0.2, 0.25) is 0 Å². The van der Waals surface area contributed by atoms with Crippen molar-refractivity contribution in [2.75, 3.05) is 31.9 Å². The highest BCUT2D eigenvalue weighted by Gasteiger charge is 2.43. The van der Waals surface area contributed by atoms with Gasteiger partial charge in [-0.2, -0.15) is 13.2 Å². The van der Waals surface area contributed by atoms with Gasteiger partial charge in [0.15, 0.2) is 0 Å². The van der Waals surface area contributed by atoms with Crippen LogP contribution >= 0.6 is 11.8 Å². The highest BCUT2D eigenvalue weighted by Crippen LogP contribution is 2.35. The van der Waals surface area contributed by atoms with Crippen LogP contribution in [0.4, 0.5) is 13.2 Å². The van der Waals surface area contributed by atoms with E-state index < -0.39 is 5.51 Å². The van der Waals surface area contributed by atoms with Gasteiger partial charge in [-0.3, -0.25) is 4.90 Å². The molecule has 0 aromatic heterocycles. The summed E-state index contributed by atoms with van der Waals surface area (Å²) in [5, 5.41) is 3.38. The van der Waals surface area contributed by atoms with Gasteiger partial charge in [0.1, 0.15) is 0 Å². The van der Waals surface area contributed by atoms with Gasteiger partial charge in [-0.1, -0.05) is 6.92 Å². The van der Waals surface area contributed by atoms with Crippen LogP contribution in [0.3, 0.4) is 0 Å². The zero-order chi connectivity index (χ0) is 12.5. The van der Waals surface area contributed by atoms with Crippen molar-refractivity contribution in [3.8, 4) is 0 Å². The van der Waals surface area contributed by atoms with Gasteiger partial charge in [0.25, 0.3) is 0 Å². The van der Waals surface area contributed by atoms with Gasteiger partial charge in [0.2, 0.25) is 0 Å². The van der Waals surface area contributed by atoms with E-state index in [-0.39, 0.29) is 17.5 Å². The molecule has 1 N–H and O–H groups in total. The third kappa shape index (κ3) is 3.29. The number of hydrogen-bond donors (Lipinski definition) is 1. The number of nitrogens with zero attached hydrogens (tertiary/aromatic N) is 1.